The Morgan fingerprint density at radius 2 is 1.58 bits per heavy atom. The van der Waals surface area contributed by atoms with Crippen molar-refractivity contribution in [2.45, 2.75) is 59.2 Å². The van der Waals surface area contributed by atoms with Crippen molar-refractivity contribution in [1.29, 1.82) is 0 Å². The summed E-state index contributed by atoms with van der Waals surface area (Å²) in [6.45, 7) is 12.1. The number of rotatable bonds is 6. The van der Waals surface area contributed by atoms with E-state index in [1.165, 1.54) is 6.42 Å². The molecule has 2 heteroatoms. The maximum Gasteiger partial charge on any atom is 0.0192 e. The van der Waals surface area contributed by atoms with Gasteiger partial charge in [0.05, 0.1) is 0 Å². The lowest BCUT2D eigenvalue weighted by Gasteiger charge is -2.21. The maximum absolute atomic E-state index is 3.52. The molecule has 0 aromatic heterocycles. The van der Waals surface area contributed by atoms with Crippen LogP contribution in [0.15, 0.2) is 0 Å². The second-order valence-corrected chi connectivity index (χ2v) is 3.99. The molecular weight excluding hydrogens is 148 g/mol. The van der Waals surface area contributed by atoms with Crippen LogP contribution in [0.5, 0.6) is 0 Å². The molecule has 0 spiro atoms. The van der Waals surface area contributed by atoms with E-state index in [2.05, 4.69) is 45.3 Å². The number of hydrogen-bond acceptors (Lipinski definition) is 2. The first-order valence-electron chi connectivity index (χ1n) is 5.05. The molecule has 0 fully saturated rings. The summed E-state index contributed by atoms with van der Waals surface area (Å²) in [5.74, 6) is 0. The molecule has 0 aliphatic rings. The van der Waals surface area contributed by atoms with Gasteiger partial charge < -0.3 is 10.6 Å². The van der Waals surface area contributed by atoms with Gasteiger partial charge in [-0.1, -0.05) is 34.6 Å². The molecule has 1 unspecified atom stereocenters. The van der Waals surface area contributed by atoms with Gasteiger partial charge in [0.1, 0.15) is 0 Å². The summed E-state index contributed by atoms with van der Waals surface area (Å²) in [5.41, 5.74) is 0. The predicted octanol–water partition coefficient (Wildman–Crippen LogP) is 1.76. The summed E-state index contributed by atoms with van der Waals surface area (Å²) < 4.78 is 0. The van der Waals surface area contributed by atoms with E-state index in [0.717, 1.165) is 6.54 Å². The van der Waals surface area contributed by atoms with Crippen molar-refractivity contribution in [3.63, 3.8) is 0 Å². The summed E-state index contributed by atoms with van der Waals surface area (Å²) >= 11 is 0. The highest BCUT2D eigenvalue weighted by Gasteiger charge is 2.06. The number of nitrogens with one attached hydrogen (secondary N) is 2. The first-order chi connectivity index (χ1) is 5.56. The van der Waals surface area contributed by atoms with Crippen LogP contribution >= 0.6 is 0 Å². The van der Waals surface area contributed by atoms with Crippen molar-refractivity contribution < 1.29 is 0 Å². The minimum Gasteiger partial charge on any atom is -0.313 e. The fourth-order valence-corrected chi connectivity index (χ4v) is 1.17. The Labute approximate surface area is 77.1 Å². The predicted molar refractivity (Wildman–Crippen MR) is 55.5 cm³/mol. The standard InChI is InChI=1S/C10H24N2/c1-6-10(12-9(4)5)7-11-8(2)3/h8-12H,6-7H2,1-5H3. The Balaban J connectivity index is 3.53. The lowest BCUT2D eigenvalue weighted by molar-refractivity contribution is 0.412. The fraction of sp³-hybridized carbons (Fsp3) is 1.00. The molecule has 1 atom stereocenters. The molecule has 0 amide bonds. The topological polar surface area (TPSA) is 24.1 Å². The summed E-state index contributed by atoms with van der Waals surface area (Å²) in [6.07, 6.45) is 1.19. The van der Waals surface area contributed by atoms with E-state index in [1.807, 2.05) is 0 Å². The Bertz CT molecular complexity index is 100. The minimum absolute atomic E-state index is 0.587. The number of hydrogen-bond donors (Lipinski definition) is 2. The molecule has 0 saturated heterocycles. The van der Waals surface area contributed by atoms with Gasteiger partial charge in [0.15, 0.2) is 0 Å². The van der Waals surface area contributed by atoms with Crippen molar-refractivity contribution in [2.75, 3.05) is 6.54 Å². The summed E-state index contributed by atoms with van der Waals surface area (Å²) in [6, 6.07) is 1.80. The zero-order valence-electron chi connectivity index (χ0n) is 9.15. The van der Waals surface area contributed by atoms with Crippen LogP contribution in [0.4, 0.5) is 0 Å². The largest absolute Gasteiger partial charge is 0.313 e. The van der Waals surface area contributed by atoms with Gasteiger partial charge in [-0.25, -0.2) is 0 Å². The summed E-state index contributed by atoms with van der Waals surface area (Å²) in [5, 5.41) is 6.96. The molecule has 0 aromatic carbocycles. The van der Waals surface area contributed by atoms with Crippen LogP contribution in [0.25, 0.3) is 0 Å². The molecule has 0 aromatic rings. The molecule has 0 bridgehead atoms. The Morgan fingerprint density at radius 1 is 1.00 bits per heavy atom. The highest BCUT2D eigenvalue weighted by atomic mass is 15.0. The van der Waals surface area contributed by atoms with E-state index in [-0.39, 0.29) is 0 Å². The molecule has 74 valence electrons. The fourth-order valence-electron chi connectivity index (χ4n) is 1.17. The van der Waals surface area contributed by atoms with Crippen molar-refractivity contribution in [1.82, 2.24) is 10.6 Å². The molecule has 2 nitrogen and oxygen atoms in total. The minimum atomic E-state index is 0.587. The summed E-state index contributed by atoms with van der Waals surface area (Å²) in [7, 11) is 0. The van der Waals surface area contributed by atoms with Gasteiger partial charge in [-0.2, -0.15) is 0 Å². The molecular formula is C10H24N2. The second kappa shape index (κ2) is 6.44. The SMILES string of the molecule is CCC(CNC(C)C)NC(C)C. The van der Waals surface area contributed by atoms with Gasteiger partial charge in [-0.15, -0.1) is 0 Å². The van der Waals surface area contributed by atoms with Crippen molar-refractivity contribution in [3.05, 3.63) is 0 Å². The van der Waals surface area contributed by atoms with Crippen LogP contribution in [0.2, 0.25) is 0 Å². The zero-order chi connectivity index (χ0) is 9.56. The molecule has 0 aliphatic heterocycles. The van der Waals surface area contributed by atoms with Crippen LogP contribution in [0.3, 0.4) is 0 Å². The molecule has 12 heavy (non-hydrogen) atoms. The van der Waals surface area contributed by atoms with E-state index in [9.17, 15) is 0 Å². The van der Waals surface area contributed by atoms with E-state index in [1.54, 1.807) is 0 Å². The third-order valence-electron chi connectivity index (χ3n) is 1.83. The van der Waals surface area contributed by atoms with Gasteiger partial charge in [0.2, 0.25) is 0 Å². The first kappa shape index (κ1) is 11.9. The monoisotopic (exact) mass is 172 g/mol. The Kier molecular flexibility index (Phi) is 6.39. The average Bonchev–Trinajstić information content (AvgIpc) is 1.97. The Hall–Kier alpha value is -0.0800. The lowest BCUT2D eigenvalue weighted by atomic mass is 10.2. The van der Waals surface area contributed by atoms with Crippen molar-refractivity contribution >= 4 is 0 Å². The van der Waals surface area contributed by atoms with Gasteiger partial charge in [0.25, 0.3) is 0 Å². The maximum atomic E-state index is 3.52. The highest BCUT2D eigenvalue weighted by Crippen LogP contribution is 1.92. The van der Waals surface area contributed by atoms with E-state index in [4.69, 9.17) is 0 Å². The second-order valence-electron chi connectivity index (χ2n) is 3.99. The zero-order valence-corrected chi connectivity index (χ0v) is 9.15. The summed E-state index contributed by atoms with van der Waals surface area (Å²) in [4.78, 5) is 0. The highest BCUT2D eigenvalue weighted by molar-refractivity contribution is 4.71. The van der Waals surface area contributed by atoms with Crippen LogP contribution in [0, 0.1) is 0 Å². The molecule has 0 aliphatic carbocycles. The molecule has 2 N–H and O–H groups in total. The first-order valence-corrected chi connectivity index (χ1v) is 5.05. The van der Waals surface area contributed by atoms with Gasteiger partial charge in [-0.05, 0) is 6.42 Å². The van der Waals surface area contributed by atoms with E-state index >= 15 is 0 Å². The normalized spacial score (nSPS) is 14.2. The molecule has 0 rings (SSSR count). The molecule has 0 radical (unpaired) electrons. The molecule has 0 heterocycles. The van der Waals surface area contributed by atoms with Gasteiger partial charge in [-0.3, -0.25) is 0 Å². The van der Waals surface area contributed by atoms with Gasteiger partial charge >= 0.3 is 0 Å². The van der Waals surface area contributed by atoms with Crippen LogP contribution in [-0.2, 0) is 0 Å². The van der Waals surface area contributed by atoms with E-state index < -0.39 is 0 Å². The van der Waals surface area contributed by atoms with Crippen molar-refractivity contribution in [2.24, 2.45) is 0 Å². The molecule has 0 saturated carbocycles. The van der Waals surface area contributed by atoms with Crippen LogP contribution in [0.1, 0.15) is 41.0 Å². The van der Waals surface area contributed by atoms with E-state index in [0.29, 0.717) is 18.1 Å². The lowest BCUT2D eigenvalue weighted by Crippen LogP contribution is -2.43. The Morgan fingerprint density at radius 3 is 1.92 bits per heavy atom. The third-order valence-corrected chi connectivity index (χ3v) is 1.83. The van der Waals surface area contributed by atoms with Crippen LogP contribution in [-0.4, -0.2) is 24.7 Å². The third kappa shape index (κ3) is 6.62. The van der Waals surface area contributed by atoms with Gasteiger partial charge in [0, 0.05) is 24.7 Å². The quantitative estimate of drug-likeness (QED) is 0.638. The van der Waals surface area contributed by atoms with Crippen molar-refractivity contribution in [3.8, 4) is 0 Å². The smallest absolute Gasteiger partial charge is 0.0192 e. The average molecular weight is 172 g/mol. The van der Waals surface area contributed by atoms with Crippen LogP contribution < -0.4 is 10.6 Å².